The summed E-state index contributed by atoms with van der Waals surface area (Å²) in [7, 11) is 0. The van der Waals surface area contributed by atoms with E-state index in [4.69, 9.17) is 23.8 Å². The summed E-state index contributed by atoms with van der Waals surface area (Å²) in [6.45, 7) is 0. The summed E-state index contributed by atoms with van der Waals surface area (Å²) < 4.78 is 0. The fourth-order valence-electron chi connectivity index (χ4n) is 3.32. The molecule has 1 aromatic carbocycles. The van der Waals surface area contributed by atoms with Crippen LogP contribution in [0.5, 0.6) is 0 Å². The van der Waals surface area contributed by atoms with Crippen molar-refractivity contribution >= 4 is 34.6 Å². The Balaban J connectivity index is 1.56. The molecule has 0 aliphatic heterocycles. The molecule has 2 saturated carbocycles. The summed E-state index contributed by atoms with van der Waals surface area (Å²) in [6, 6.07) is 8.21. The molecule has 0 saturated heterocycles. The van der Waals surface area contributed by atoms with Crippen LogP contribution in [0.1, 0.15) is 25.7 Å². The van der Waals surface area contributed by atoms with E-state index in [0.29, 0.717) is 6.04 Å². The maximum absolute atomic E-state index is 5.95. The molecule has 0 aromatic heterocycles. The van der Waals surface area contributed by atoms with Crippen molar-refractivity contribution in [3.63, 3.8) is 0 Å². The zero-order valence-electron chi connectivity index (χ0n) is 10.2. The predicted octanol–water partition coefficient (Wildman–Crippen LogP) is 3.82. The van der Waals surface area contributed by atoms with Crippen LogP contribution in [-0.4, -0.2) is 11.2 Å². The van der Waals surface area contributed by atoms with Gasteiger partial charge in [0.15, 0.2) is 5.11 Å². The molecule has 3 rings (SSSR count). The van der Waals surface area contributed by atoms with E-state index in [9.17, 15) is 0 Å². The van der Waals surface area contributed by atoms with E-state index in [1.165, 1.54) is 25.7 Å². The SMILES string of the molecule is S=C(Nc1cccc(Cl)c1)NC1CC2CCC1C2. The first-order valence-corrected chi connectivity index (χ1v) is 7.32. The smallest absolute Gasteiger partial charge is 0.171 e. The average Bonchev–Trinajstić information content (AvgIpc) is 2.90. The lowest BCUT2D eigenvalue weighted by Crippen LogP contribution is -2.40. The van der Waals surface area contributed by atoms with Crippen molar-refractivity contribution in [1.82, 2.24) is 5.32 Å². The van der Waals surface area contributed by atoms with Crippen LogP contribution < -0.4 is 10.6 Å². The van der Waals surface area contributed by atoms with Crippen LogP contribution in [0.15, 0.2) is 24.3 Å². The second-order valence-electron chi connectivity index (χ2n) is 5.39. The molecule has 2 fully saturated rings. The highest BCUT2D eigenvalue weighted by molar-refractivity contribution is 7.80. The van der Waals surface area contributed by atoms with Crippen LogP contribution in [-0.2, 0) is 0 Å². The van der Waals surface area contributed by atoms with Crippen LogP contribution >= 0.6 is 23.8 Å². The highest BCUT2D eigenvalue weighted by Crippen LogP contribution is 2.44. The monoisotopic (exact) mass is 280 g/mol. The van der Waals surface area contributed by atoms with E-state index in [1.807, 2.05) is 24.3 Å². The highest BCUT2D eigenvalue weighted by atomic mass is 35.5. The van der Waals surface area contributed by atoms with Crippen molar-refractivity contribution in [2.45, 2.75) is 31.7 Å². The fourth-order valence-corrected chi connectivity index (χ4v) is 3.78. The molecular weight excluding hydrogens is 264 g/mol. The Bertz CT molecular complexity index is 463. The first-order chi connectivity index (χ1) is 8.70. The van der Waals surface area contributed by atoms with Gasteiger partial charge in [-0.1, -0.05) is 24.1 Å². The van der Waals surface area contributed by atoms with Gasteiger partial charge in [0, 0.05) is 16.8 Å². The minimum Gasteiger partial charge on any atom is -0.359 e. The van der Waals surface area contributed by atoms with E-state index in [2.05, 4.69) is 10.6 Å². The molecule has 3 unspecified atom stereocenters. The Kier molecular flexibility index (Phi) is 3.44. The van der Waals surface area contributed by atoms with Crippen molar-refractivity contribution < 1.29 is 0 Å². The number of fused-ring (bicyclic) bond motifs is 2. The molecule has 2 bridgehead atoms. The number of rotatable bonds is 2. The van der Waals surface area contributed by atoms with Crippen LogP contribution in [0.25, 0.3) is 0 Å². The normalized spacial score (nSPS) is 29.3. The molecule has 4 heteroatoms. The summed E-state index contributed by atoms with van der Waals surface area (Å²) in [5.74, 6) is 1.76. The second kappa shape index (κ2) is 5.06. The maximum atomic E-state index is 5.95. The summed E-state index contributed by atoms with van der Waals surface area (Å²) in [5.41, 5.74) is 0.947. The van der Waals surface area contributed by atoms with Gasteiger partial charge in [0.25, 0.3) is 0 Å². The molecule has 2 N–H and O–H groups in total. The van der Waals surface area contributed by atoms with Gasteiger partial charge in [-0.25, -0.2) is 0 Å². The Morgan fingerprint density at radius 3 is 2.83 bits per heavy atom. The zero-order chi connectivity index (χ0) is 12.5. The van der Waals surface area contributed by atoms with Crippen LogP contribution in [0.4, 0.5) is 5.69 Å². The van der Waals surface area contributed by atoms with E-state index in [0.717, 1.165) is 27.7 Å². The van der Waals surface area contributed by atoms with Gasteiger partial charge in [0.05, 0.1) is 0 Å². The van der Waals surface area contributed by atoms with Gasteiger partial charge in [-0.3, -0.25) is 0 Å². The minimum atomic E-state index is 0.572. The molecule has 18 heavy (non-hydrogen) atoms. The maximum Gasteiger partial charge on any atom is 0.171 e. The summed E-state index contributed by atoms with van der Waals surface area (Å²) in [5, 5.41) is 8.10. The molecular formula is C14H17ClN2S. The van der Waals surface area contributed by atoms with Gasteiger partial charge in [0.2, 0.25) is 0 Å². The van der Waals surface area contributed by atoms with Crippen LogP contribution in [0.2, 0.25) is 5.02 Å². The molecule has 0 radical (unpaired) electrons. The number of hydrogen-bond acceptors (Lipinski definition) is 1. The van der Waals surface area contributed by atoms with E-state index < -0.39 is 0 Å². The molecule has 0 amide bonds. The summed E-state index contributed by atoms with van der Waals surface area (Å²) in [6.07, 6.45) is 5.44. The van der Waals surface area contributed by atoms with Crippen molar-refractivity contribution in [1.29, 1.82) is 0 Å². The quantitative estimate of drug-likeness (QED) is 0.806. The Morgan fingerprint density at radius 2 is 2.17 bits per heavy atom. The number of anilines is 1. The number of nitrogens with one attached hydrogen (secondary N) is 2. The molecule has 0 spiro atoms. The number of benzene rings is 1. The summed E-state index contributed by atoms with van der Waals surface area (Å²) >= 11 is 11.3. The lowest BCUT2D eigenvalue weighted by atomic mass is 9.96. The van der Waals surface area contributed by atoms with Gasteiger partial charge in [0.1, 0.15) is 0 Å². The number of hydrogen-bond donors (Lipinski definition) is 2. The van der Waals surface area contributed by atoms with Gasteiger partial charge in [-0.2, -0.15) is 0 Å². The van der Waals surface area contributed by atoms with Crippen LogP contribution in [0.3, 0.4) is 0 Å². The predicted molar refractivity (Wildman–Crippen MR) is 80.0 cm³/mol. The Hall–Kier alpha value is -0.800. The van der Waals surface area contributed by atoms with Crippen molar-refractivity contribution in [2.24, 2.45) is 11.8 Å². The van der Waals surface area contributed by atoms with Crippen LogP contribution in [0, 0.1) is 11.8 Å². The fraction of sp³-hybridized carbons (Fsp3) is 0.500. The third-order valence-electron chi connectivity index (χ3n) is 4.14. The van der Waals surface area contributed by atoms with Crippen molar-refractivity contribution in [3.8, 4) is 0 Å². The molecule has 2 nitrogen and oxygen atoms in total. The largest absolute Gasteiger partial charge is 0.359 e. The topological polar surface area (TPSA) is 24.1 Å². The van der Waals surface area contributed by atoms with E-state index in [-0.39, 0.29) is 0 Å². The first kappa shape index (κ1) is 12.2. The van der Waals surface area contributed by atoms with Gasteiger partial charge in [-0.15, -0.1) is 0 Å². The highest BCUT2D eigenvalue weighted by Gasteiger charge is 2.39. The average molecular weight is 281 g/mol. The van der Waals surface area contributed by atoms with E-state index in [1.54, 1.807) is 0 Å². The third kappa shape index (κ3) is 2.62. The zero-order valence-corrected chi connectivity index (χ0v) is 11.7. The molecule has 1 aromatic rings. The molecule has 3 atom stereocenters. The lowest BCUT2D eigenvalue weighted by molar-refractivity contribution is 0.392. The van der Waals surface area contributed by atoms with Gasteiger partial charge in [-0.05, 0) is 61.5 Å². The standard InChI is InChI=1S/C14H17ClN2S/c15-11-2-1-3-12(8-11)16-14(18)17-13-7-9-4-5-10(13)6-9/h1-3,8-10,13H,4-7H2,(H2,16,17,18). The Labute approximate surface area is 118 Å². The van der Waals surface area contributed by atoms with Gasteiger partial charge < -0.3 is 10.6 Å². The number of thiocarbonyl (C=S) groups is 1. The van der Waals surface area contributed by atoms with Gasteiger partial charge >= 0.3 is 0 Å². The summed E-state index contributed by atoms with van der Waals surface area (Å²) in [4.78, 5) is 0. The second-order valence-corrected chi connectivity index (χ2v) is 6.23. The molecule has 0 heterocycles. The van der Waals surface area contributed by atoms with Crippen molar-refractivity contribution in [2.75, 3.05) is 5.32 Å². The minimum absolute atomic E-state index is 0.572. The molecule has 96 valence electrons. The molecule has 2 aliphatic rings. The van der Waals surface area contributed by atoms with Crippen molar-refractivity contribution in [3.05, 3.63) is 29.3 Å². The number of halogens is 1. The first-order valence-electron chi connectivity index (χ1n) is 6.54. The van der Waals surface area contributed by atoms with E-state index >= 15 is 0 Å². The Morgan fingerprint density at radius 1 is 1.28 bits per heavy atom. The third-order valence-corrected chi connectivity index (χ3v) is 4.59. The lowest BCUT2D eigenvalue weighted by Gasteiger charge is -2.24. The molecule has 2 aliphatic carbocycles.